The lowest BCUT2D eigenvalue weighted by Crippen LogP contribution is -2.45. The predicted molar refractivity (Wildman–Crippen MR) is 125 cm³/mol. The van der Waals surface area contributed by atoms with E-state index in [1.807, 2.05) is 23.1 Å². The van der Waals surface area contributed by atoms with Gasteiger partial charge in [0.2, 0.25) is 5.91 Å². The van der Waals surface area contributed by atoms with Crippen LogP contribution in [0.15, 0.2) is 29.3 Å². The second kappa shape index (κ2) is 10.7. The number of benzene rings is 1. The van der Waals surface area contributed by atoms with Crippen LogP contribution in [0.5, 0.6) is 0 Å². The van der Waals surface area contributed by atoms with Crippen molar-refractivity contribution in [1.82, 2.24) is 20.8 Å². The maximum Gasteiger partial charge on any atom is 0.246 e. The zero-order valence-corrected chi connectivity index (χ0v) is 19.6. The van der Waals surface area contributed by atoms with Crippen LogP contribution in [0.4, 0.5) is 5.69 Å². The van der Waals surface area contributed by atoms with Crippen LogP contribution in [0, 0.1) is 0 Å². The van der Waals surface area contributed by atoms with E-state index in [0.717, 1.165) is 35.1 Å². The predicted octanol–water partition coefficient (Wildman–Crippen LogP) is 2.92. The zero-order chi connectivity index (χ0) is 19.2. The minimum Gasteiger partial charge on any atom is -0.350 e. The Labute approximate surface area is 187 Å². The molecule has 0 saturated heterocycles. The SMILES string of the molecule is CN=C(NCC(=O)N1CCCc2ccccc21)NCc1nnc(C(C)C)s1.I. The molecule has 1 amide bonds. The minimum absolute atomic E-state index is 0. The van der Waals surface area contributed by atoms with Crippen molar-refractivity contribution in [3.63, 3.8) is 0 Å². The van der Waals surface area contributed by atoms with Gasteiger partial charge in [-0.3, -0.25) is 9.79 Å². The van der Waals surface area contributed by atoms with Gasteiger partial charge < -0.3 is 15.5 Å². The molecular weight excluding hydrogens is 487 g/mol. The molecule has 9 heteroatoms. The Hall–Kier alpha value is -1.75. The first-order valence-corrected chi connectivity index (χ1v) is 10.0. The number of hydrogen-bond acceptors (Lipinski definition) is 5. The number of guanidine groups is 1. The van der Waals surface area contributed by atoms with E-state index >= 15 is 0 Å². The summed E-state index contributed by atoms with van der Waals surface area (Å²) in [5.41, 5.74) is 2.26. The molecule has 28 heavy (non-hydrogen) atoms. The molecule has 1 aliphatic heterocycles. The number of carbonyl (C=O) groups excluding carboxylic acids is 1. The topological polar surface area (TPSA) is 82.5 Å². The summed E-state index contributed by atoms with van der Waals surface area (Å²) >= 11 is 1.59. The Morgan fingerprint density at radius 3 is 2.79 bits per heavy atom. The zero-order valence-electron chi connectivity index (χ0n) is 16.4. The lowest BCUT2D eigenvalue weighted by atomic mass is 10.0. The van der Waals surface area contributed by atoms with E-state index in [1.54, 1.807) is 18.4 Å². The number of halogens is 1. The molecule has 0 unspecified atom stereocenters. The lowest BCUT2D eigenvalue weighted by molar-refractivity contribution is -0.117. The fourth-order valence-corrected chi connectivity index (χ4v) is 3.78. The molecule has 0 bridgehead atoms. The van der Waals surface area contributed by atoms with Crippen LogP contribution in [-0.2, 0) is 17.8 Å². The summed E-state index contributed by atoms with van der Waals surface area (Å²) in [6.45, 7) is 5.68. The molecule has 3 rings (SSSR count). The molecule has 1 aromatic heterocycles. The lowest BCUT2D eigenvalue weighted by Gasteiger charge is -2.29. The fraction of sp³-hybridized carbons (Fsp3) is 0.474. The summed E-state index contributed by atoms with van der Waals surface area (Å²) in [5, 5.41) is 16.6. The summed E-state index contributed by atoms with van der Waals surface area (Å²) < 4.78 is 0. The number of hydrogen-bond donors (Lipinski definition) is 2. The normalized spacial score (nSPS) is 13.7. The smallest absolute Gasteiger partial charge is 0.246 e. The third-order valence-electron chi connectivity index (χ3n) is 4.43. The van der Waals surface area contributed by atoms with E-state index < -0.39 is 0 Å². The highest BCUT2D eigenvalue weighted by atomic mass is 127. The van der Waals surface area contributed by atoms with Gasteiger partial charge in [-0.1, -0.05) is 43.4 Å². The van der Waals surface area contributed by atoms with Gasteiger partial charge in [-0.05, 0) is 24.5 Å². The van der Waals surface area contributed by atoms with Gasteiger partial charge in [-0.25, -0.2) is 0 Å². The van der Waals surface area contributed by atoms with E-state index in [0.29, 0.717) is 18.4 Å². The summed E-state index contributed by atoms with van der Waals surface area (Å²) in [4.78, 5) is 18.7. The van der Waals surface area contributed by atoms with Gasteiger partial charge in [0.05, 0.1) is 13.1 Å². The summed E-state index contributed by atoms with van der Waals surface area (Å²) in [5.74, 6) is 0.997. The van der Waals surface area contributed by atoms with Gasteiger partial charge in [0.1, 0.15) is 10.0 Å². The van der Waals surface area contributed by atoms with E-state index in [2.05, 4.69) is 45.7 Å². The van der Waals surface area contributed by atoms with Crippen molar-refractivity contribution in [1.29, 1.82) is 0 Å². The number of nitrogens with one attached hydrogen (secondary N) is 2. The molecule has 2 N–H and O–H groups in total. The maximum absolute atomic E-state index is 12.7. The highest BCUT2D eigenvalue weighted by Crippen LogP contribution is 2.26. The average Bonchev–Trinajstić information content (AvgIpc) is 3.17. The molecule has 2 aromatic rings. The van der Waals surface area contributed by atoms with Crippen LogP contribution in [0.1, 0.15) is 41.8 Å². The Morgan fingerprint density at radius 2 is 2.07 bits per heavy atom. The highest BCUT2D eigenvalue weighted by Gasteiger charge is 2.22. The second-order valence-corrected chi connectivity index (χ2v) is 7.84. The highest BCUT2D eigenvalue weighted by molar-refractivity contribution is 14.0. The van der Waals surface area contributed by atoms with Crippen molar-refractivity contribution in [2.45, 2.75) is 39.2 Å². The van der Waals surface area contributed by atoms with Crippen molar-refractivity contribution >= 4 is 52.9 Å². The summed E-state index contributed by atoms with van der Waals surface area (Å²) in [6, 6.07) is 8.11. The van der Waals surface area contributed by atoms with Crippen LogP contribution in [0.2, 0.25) is 0 Å². The number of para-hydroxylation sites is 1. The quantitative estimate of drug-likeness (QED) is 0.365. The Kier molecular flexibility index (Phi) is 8.61. The van der Waals surface area contributed by atoms with E-state index in [-0.39, 0.29) is 36.4 Å². The molecule has 0 fully saturated rings. The van der Waals surface area contributed by atoms with Crippen LogP contribution in [0.3, 0.4) is 0 Å². The Bertz CT molecular complexity index is 822. The first kappa shape index (κ1) is 22.5. The third-order valence-corrected chi connectivity index (χ3v) is 5.65. The van der Waals surface area contributed by atoms with Crippen molar-refractivity contribution in [3.8, 4) is 0 Å². The molecule has 1 aliphatic rings. The standard InChI is InChI=1S/C19H26N6OS.HI/c1-13(2)18-24-23-16(27-18)11-21-19(20-3)22-12-17(26)25-10-6-8-14-7-4-5-9-15(14)25;/h4-5,7,9,13H,6,8,10-12H2,1-3H3,(H2,20,21,22);1H. The first-order chi connectivity index (χ1) is 13.1. The molecule has 2 heterocycles. The Morgan fingerprint density at radius 1 is 1.29 bits per heavy atom. The van der Waals surface area contributed by atoms with Gasteiger partial charge in [0, 0.05) is 25.2 Å². The number of anilines is 1. The van der Waals surface area contributed by atoms with Gasteiger partial charge in [0.25, 0.3) is 0 Å². The molecule has 0 atom stereocenters. The van der Waals surface area contributed by atoms with Crippen molar-refractivity contribution in [3.05, 3.63) is 39.8 Å². The summed E-state index contributed by atoms with van der Waals surface area (Å²) in [6.07, 6.45) is 2.02. The van der Waals surface area contributed by atoms with Crippen LogP contribution in [-0.4, -0.2) is 42.2 Å². The molecule has 152 valence electrons. The fourth-order valence-electron chi connectivity index (χ4n) is 3.00. The number of nitrogens with zero attached hydrogens (tertiary/aromatic N) is 4. The largest absolute Gasteiger partial charge is 0.350 e. The molecule has 0 spiro atoms. The van der Waals surface area contributed by atoms with Gasteiger partial charge in [-0.15, -0.1) is 34.2 Å². The molecule has 0 saturated carbocycles. The number of rotatable bonds is 5. The van der Waals surface area contributed by atoms with Gasteiger partial charge >= 0.3 is 0 Å². The van der Waals surface area contributed by atoms with Crippen molar-refractivity contribution in [2.75, 3.05) is 25.0 Å². The molecule has 0 aliphatic carbocycles. The Balaban J connectivity index is 0.00000280. The number of carbonyl (C=O) groups is 1. The van der Waals surface area contributed by atoms with E-state index in [9.17, 15) is 4.79 Å². The summed E-state index contributed by atoms with van der Waals surface area (Å²) in [7, 11) is 1.69. The number of aryl methyl sites for hydroxylation is 1. The molecular formula is C19H27IN6OS. The van der Waals surface area contributed by atoms with Crippen molar-refractivity contribution in [2.24, 2.45) is 4.99 Å². The van der Waals surface area contributed by atoms with E-state index in [4.69, 9.17) is 0 Å². The monoisotopic (exact) mass is 514 g/mol. The van der Waals surface area contributed by atoms with Gasteiger partial charge in [0.15, 0.2) is 5.96 Å². The average molecular weight is 514 g/mol. The molecule has 0 radical (unpaired) electrons. The minimum atomic E-state index is 0. The van der Waals surface area contributed by atoms with Crippen LogP contribution >= 0.6 is 35.3 Å². The first-order valence-electron chi connectivity index (χ1n) is 9.23. The number of aliphatic imine (C=N–C) groups is 1. The molecule has 1 aromatic carbocycles. The number of aromatic nitrogens is 2. The van der Waals surface area contributed by atoms with Crippen molar-refractivity contribution < 1.29 is 4.79 Å². The van der Waals surface area contributed by atoms with E-state index in [1.165, 1.54) is 5.56 Å². The van der Waals surface area contributed by atoms with Gasteiger partial charge in [-0.2, -0.15) is 0 Å². The third kappa shape index (κ3) is 5.63. The number of fused-ring (bicyclic) bond motifs is 1. The van der Waals surface area contributed by atoms with Crippen LogP contribution in [0.25, 0.3) is 0 Å². The second-order valence-electron chi connectivity index (χ2n) is 6.75. The maximum atomic E-state index is 12.7. The number of amides is 1. The van der Waals surface area contributed by atoms with Crippen LogP contribution < -0.4 is 15.5 Å². The molecule has 7 nitrogen and oxygen atoms in total.